The fraction of sp³-hybridized carbons (Fsp3) is 0.105. The summed E-state index contributed by atoms with van der Waals surface area (Å²) in [4.78, 5) is 7.65. The molecule has 0 aliphatic heterocycles. The van der Waals surface area contributed by atoms with Crippen LogP contribution in [0.2, 0.25) is 0 Å². The molecule has 0 aliphatic rings. The van der Waals surface area contributed by atoms with Crippen LogP contribution in [-0.4, -0.2) is 14.5 Å². The van der Waals surface area contributed by atoms with Gasteiger partial charge < -0.3 is 9.55 Å². The maximum absolute atomic E-state index is 13.1. The number of nitrogens with one attached hydrogen (secondary N) is 2. The summed E-state index contributed by atoms with van der Waals surface area (Å²) in [5.74, 6) is -0.272. The minimum Gasteiger partial charge on any atom is -0.339 e. The molecule has 0 amide bonds. The lowest BCUT2D eigenvalue weighted by atomic mass is 10.1. The first-order chi connectivity index (χ1) is 12.2. The summed E-state index contributed by atoms with van der Waals surface area (Å²) in [5, 5.41) is 18.6. The lowest BCUT2D eigenvalue weighted by Crippen LogP contribution is -2.25. The smallest absolute Gasteiger partial charge is 0.183 e. The molecule has 0 saturated heterocycles. The van der Waals surface area contributed by atoms with Gasteiger partial charge in [-0.25, -0.2) is 9.37 Å². The number of rotatable bonds is 3. The molecule has 2 heterocycles. The van der Waals surface area contributed by atoms with E-state index in [1.54, 1.807) is 16.7 Å². The number of hydrogen-bond acceptors (Lipinski definition) is 3. The van der Waals surface area contributed by atoms with Crippen LogP contribution in [0.4, 0.5) is 4.39 Å². The highest BCUT2D eigenvalue weighted by Crippen LogP contribution is 2.22. The van der Waals surface area contributed by atoms with E-state index in [1.807, 2.05) is 30.3 Å². The molecular formula is C19H14FN5. The average Bonchev–Trinajstić information content (AvgIpc) is 3.00. The van der Waals surface area contributed by atoms with Gasteiger partial charge in [-0.2, -0.15) is 5.26 Å². The van der Waals surface area contributed by atoms with Gasteiger partial charge in [0.25, 0.3) is 0 Å². The number of para-hydroxylation sites is 1. The van der Waals surface area contributed by atoms with E-state index in [0.29, 0.717) is 24.1 Å². The molecule has 6 heteroatoms. The Kier molecular flexibility index (Phi) is 3.55. The molecule has 5 nitrogen and oxygen atoms in total. The van der Waals surface area contributed by atoms with E-state index in [1.165, 1.54) is 12.1 Å². The lowest BCUT2D eigenvalue weighted by Gasteiger charge is -2.09. The van der Waals surface area contributed by atoms with Crippen LogP contribution in [0.3, 0.4) is 0 Å². The summed E-state index contributed by atoms with van der Waals surface area (Å²) >= 11 is 0. The molecule has 0 radical (unpaired) electrons. The number of hydrogen-bond donors (Lipinski definition) is 2. The first kappa shape index (κ1) is 15.1. The Morgan fingerprint density at radius 2 is 1.92 bits per heavy atom. The van der Waals surface area contributed by atoms with Gasteiger partial charge in [0.15, 0.2) is 11.2 Å². The molecule has 4 rings (SSSR count). The molecule has 2 N–H and O–H groups in total. The van der Waals surface area contributed by atoms with Crippen molar-refractivity contribution in [2.75, 3.05) is 0 Å². The van der Waals surface area contributed by atoms with Gasteiger partial charge in [-0.3, -0.25) is 5.41 Å². The number of aromatic nitrogens is 3. The van der Waals surface area contributed by atoms with Crippen LogP contribution in [-0.2, 0) is 13.0 Å². The topological polar surface area (TPSA) is 81.2 Å². The van der Waals surface area contributed by atoms with E-state index < -0.39 is 0 Å². The molecule has 0 bridgehead atoms. The summed E-state index contributed by atoms with van der Waals surface area (Å²) < 4.78 is 14.8. The van der Waals surface area contributed by atoms with Gasteiger partial charge in [0, 0.05) is 17.4 Å². The number of aromatic amines is 1. The molecule has 4 aromatic rings. The second-order valence-corrected chi connectivity index (χ2v) is 5.82. The lowest BCUT2D eigenvalue weighted by molar-refractivity contribution is 0.624. The fourth-order valence-corrected chi connectivity index (χ4v) is 3.02. The highest BCUT2D eigenvalue weighted by Gasteiger charge is 2.13. The maximum atomic E-state index is 13.1. The van der Waals surface area contributed by atoms with Crippen molar-refractivity contribution in [1.29, 1.82) is 10.7 Å². The van der Waals surface area contributed by atoms with Crippen LogP contribution >= 0.6 is 0 Å². The Balaban J connectivity index is 1.86. The van der Waals surface area contributed by atoms with Crippen molar-refractivity contribution < 1.29 is 4.39 Å². The number of aryl methyl sites for hydroxylation is 2. The molecule has 2 aromatic carbocycles. The molecule has 0 unspecified atom stereocenters. The van der Waals surface area contributed by atoms with Crippen LogP contribution in [0.1, 0.15) is 11.3 Å². The molecule has 2 aromatic heterocycles. The minimum absolute atomic E-state index is 0.0728. The molecule has 0 atom stereocenters. The third kappa shape index (κ3) is 2.56. The standard InChI is InChI=1S/C19H14FN5/c20-13-7-5-12(6-8-13)9-10-25-18(22)16(11-21)23-17-14-3-1-2-4-15(14)24-19(17)25/h1-8,22,24H,9-10H2. The third-order valence-corrected chi connectivity index (χ3v) is 4.29. The number of halogens is 1. The number of nitrogens with zero attached hydrogens (tertiary/aromatic N) is 3. The Morgan fingerprint density at radius 1 is 1.16 bits per heavy atom. The zero-order valence-electron chi connectivity index (χ0n) is 13.3. The van der Waals surface area contributed by atoms with E-state index in [-0.39, 0.29) is 17.0 Å². The van der Waals surface area contributed by atoms with Crippen molar-refractivity contribution >= 4 is 22.1 Å². The van der Waals surface area contributed by atoms with Crippen LogP contribution in [0, 0.1) is 22.6 Å². The Bertz CT molecular complexity index is 1180. The summed E-state index contributed by atoms with van der Waals surface area (Å²) in [6, 6.07) is 16.0. The highest BCUT2D eigenvalue weighted by atomic mass is 19.1. The molecule has 0 aliphatic carbocycles. The summed E-state index contributed by atoms with van der Waals surface area (Å²) in [7, 11) is 0. The highest BCUT2D eigenvalue weighted by molar-refractivity contribution is 6.03. The Labute approximate surface area is 142 Å². The van der Waals surface area contributed by atoms with Gasteiger partial charge in [-0.1, -0.05) is 30.3 Å². The second-order valence-electron chi connectivity index (χ2n) is 5.82. The fourth-order valence-electron chi connectivity index (χ4n) is 3.02. The monoisotopic (exact) mass is 331 g/mol. The van der Waals surface area contributed by atoms with Crippen LogP contribution in [0.25, 0.3) is 22.1 Å². The first-order valence-corrected chi connectivity index (χ1v) is 7.88. The second kappa shape index (κ2) is 5.87. The van der Waals surface area contributed by atoms with E-state index in [2.05, 4.69) is 9.97 Å². The molecule has 0 saturated carbocycles. The molecule has 0 fully saturated rings. The summed E-state index contributed by atoms with van der Waals surface area (Å²) in [6.07, 6.45) is 0.621. The quantitative estimate of drug-likeness (QED) is 0.604. The normalized spacial score (nSPS) is 11.0. The zero-order chi connectivity index (χ0) is 17.4. The number of H-pyrrole nitrogens is 1. The minimum atomic E-state index is -0.272. The van der Waals surface area contributed by atoms with E-state index in [0.717, 1.165) is 16.5 Å². The number of fused-ring (bicyclic) bond motifs is 3. The van der Waals surface area contributed by atoms with Crippen LogP contribution in [0.15, 0.2) is 48.5 Å². The van der Waals surface area contributed by atoms with E-state index >= 15 is 0 Å². The first-order valence-electron chi connectivity index (χ1n) is 7.88. The largest absolute Gasteiger partial charge is 0.339 e. The average molecular weight is 331 g/mol. The third-order valence-electron chi connectivity index (χ3n) is 4.29. The number of benzene rings is 2. The Hall–Kier alpha value is -3.46. The number of nitriles is 1. The van der Waals surface area contributed by atoms with Crippen molar-refractivity contribution in [2.45, 2.75) is 13.0 Å². The van der Waals surface area contributed by atoms with Crippen molar-refractivity contribution in [3.05, 3.63) is 71.1 Å². The zero-order valence-corrected chi connectivity index (χ0v) is 13.3. The van der Waals surface area contributed by atoms with Crippen molar-refractivity contribution in [2.24, 2.45) is 0 Å². The van der Waals surface area contributed by atoms with Crippen molar-refractivity contribution in [1.82, 2.24) is 14.5 Å². The summed E-state index contributed by atoms with van der Waals surface area (Å²) in [5.41, 5.74) is 3.44. The van der Waals surface area contributed by atoms with E-state index in [9.17, 15) is 9.65 Å². The molecule has 25 heavy (non-hydrogen) atoms. The van der Waals surface area contributed by atoms with Crippen molar-refractivity contribution in [3.8, 4) is 6.07 Å². The van der Waals surface area contributed by atoms with Gasteiger partial charge in [0.05, 0.1) is 0 Å². The Morgan fingerprint density at radius 3 is 2.68 bits per heavy atom. The van der Waals surface area contributed by atoms with Gasteiger partial charge in [0.2, 0.25) is 0 Å². The molecule has 0 spiro atoms. The summed E-state index contributed by atoms with van der Waals surface area (Å²) in [6.45, 7) is 0.491. The van der Waals surface area contributed by atoms with Gasteiger partial charge in [0.1, 0.15) is 23.1 Å². The van der Waals surface area contributed by atoms with Gasteiger partial charge in [-0.15, -0.1) is 0 Å². The predicted octanol–water partition coefficient (Wildman–Crippen LogP) is 3.25. The molecule has 122 valence electrons. The SMILES string of the molecule is N#Cc1nc2c3ccccc3[nH]c2n(CCc2ccc(F)cc2)c1=N. The maximum Gasteiger partial charge on any atom is 0.183 e. The predicted molar refractivity (Wildman–Crippen MR) is 92.3 cm³/mol. The van der Waals surface area contributed by atoms with Crippen LogP contribution in [0.5, 0.6) is 0 Å². The van der Waals surface area contributed by atoms with Gasteiger partial charge in [-0.05, 0) is 30.2 Å². The van der Waals surface area contributed by atoms with Gasteiger partial charge >= 0.3 is 0 Å². The van der Waals surface area contributed by atoms with Crippen LogP contribution < -0.4 is 5.49 Å². The van der Waals surface area contributed by atoms with E-state index in [4.69, 9.17) is 5.41 Å². The van der Waals surface area contributed by atoms with Crippen molar-refractivity contribution in [3.63, 3.8) is 0 Å². The molecular weight excluding hydrogens is 317 g/mol.